The van der Waals surface area contributed by atoms with E-state index in [4.69, 9.17) is 6.42 Å². The molecule has 3 aromatic heterocycles. The maximum absolute atomic E-state index is 15.2. The Morgan fingerprint density at radius 1 is 1.30 bits per heavy atom. The number of sulfonamides is 1. The molecule has 0 spiro atoms. The van der Waals surface area contributed by atoms with Gasteiger partial charge in [-0.15, -0.1) is 6.42 Å². The normalized spacial score (nSPS) is 26.7. The number of aromatic nitrogens is 4. The lowest BCUT2D eigenvalue weighted by Crippen LogP contribution is -2.50. The molecule has 1 saturated carbocycles. The van der Waals surface area contributed by atoms with Gasteiger partial charge in [0.25, 0.3) is 15.6 Å². The predicted molar refractivity (Wildman–Crippen MR) is 135 cm³/mol. The standard InChI is InChI=1S/C25H27FN6O4S/c1-3-16-13-17-14-28-24(30-22(17)32(23(16)33)20-7-6-10-25(20,2)34)29-19-9-12-31(15-18(19)26)37(35,36)21-8-4-5-11-27-21/h1,4-5,8,11,13-14,18-20,34H,6-7,9-10,12,15H2,2H3,(H,28,29,30)/t18-,19-,20-,25-/m1/s1. The number of fused-ring (bicyclic) bond motifs is 1. The van der Waals surface area contributed by atoms with Crippen molar-refractivity contribution in [2.24, 2.45) is 0 Å². The summed E-state index contributed by atoms with van der Waals surface area (Å²) in [5, 5.41) is 14.3. The van der Waals surface area contributed by atoms with E-state index < -0.39 is 39.4 Å². The molecule has 1 aliphatic carbocycles. The summed E-state index contributed by atoms with van der Waals surface area (Å²) in [6.07, 6.45) is 8.93. The van der Waals surface area contributed by atoms with Gasteiger partial charge in [-0.3, -0.25) is 9.36 Å². The number of halogens is 1. The molecular weight excluding hydrogens is 499 g/mol. The van der Waals surface area contributed by atoms with E-state index in [1.807, 2.05) is 0 Å². The van der Waals surface area contributed by atoms with Crippen LogP contribution in [0, 0.1) is 12.3 Å². The quantitative estimate of drug-likeness (QED) is 0.482. The molecule has 0 amide bonds. The number of hydrogen-bond donors (Lipinski definition) is 2. The molecule has 2 N–H and O–H groups in total. The second-order valence-electron chi connectivity index (χ2n) is 9.70. The molecule has 10 nitrogen and oxygen atoms in total. The molecule has 0 radical (unpaired) electrons. The van der Waals surface area contributed by atoms with Gasteiger partial charge in [-0.2, -0.15) is 9.29 Å². The fourth-order valence-corrected chi connectivity index (χ4v) is 6.57. The minimum atomic E-state index is -3.91. The lowest BCUT2D eigenvalue weighted by atomic mass is 9.99. The van der Waals surface area contributed by atoms with Crippen molar-refractivity contribution >= 4 is 27.0 Å². The molecule has 2 aliphatic rings. The molecule has 37 heavy (non-hydrogen) atoms. The van der Waals surface area contributed by atoms with Gasteiger partial charge in [0.1, 0.15) is 11.8 Å². The maximum atomic E-state index is 15.2. The summed E-state index contributed by atoms with van der Waals surface area (Å²) in [5.41, 5.74) is -1.11. The number of nitrogens with one attached hydrogen (secondary N) is 1. The molecule has 0 aromatic carbocycles. The average Bonchev–Trinajstić information content (AvgIpc) is 3.23. The highest BCUT2D eigenvalue weighted by molar-refractivity contribution is 7.89. The van der Waals surface area contributed by atoms with Crippen LogP contribution in [0.3, 0.4) is 0 Å². The predicted octanol–water partition coefficient (Wildman–Crippen LogP) is 1.86. The van der Waals surface area contributed by atoms with Crippen LogP contribution in [0.4, 0.5) is 10.3 Å². The first-order valence-electron chi connectivity index (χ1n) is 12.0. The highest BCUT2D eigenvalue weighted by Crippen LogP contribution is 2.39. The fraction of sp³-hybridized carbons (Fsp3) is 0.440. The molecule has 5 rings (SSSR count). The van der Waals surface area contributed by atoms with Crippen LogP contribution in [0.25, 0.3) is 11.0 Å². The Balaban J connectivity index is 1.42. The third kappa shape index (κ3) is 4.58. The van der Waals surface area contributed by atoms with Crippen molar-refractivity contribution in [1.29, 1.82) is 0 Å². The van der Waals surface area contributed by atoms with E-state index in [2.05, 4.69) is 26.2 Å². The van der Waals surface area contributed by atoms with Crippen molar-refractivity contribution in [2.75, 3.05) is 18.4 Å². The van der Waals surface area contributed by atoms with Crippen molar-refractivity contribution in [3.05, 3.63) is 52.6 Å². The highest BCUT2D eigenvalue weighted by atomic mass is 32.2. The van der Waals surface area contributed by atoms with Crippen molar-refractivity contribution in [2.45, 2.75) is 61.5 Å². The smallest absolute Gasteiger partial charge is 0.268 e. The molecule has 2 fully saturated rings. The summed E-state index contributed by atoms with van der Waals surface area (Å²) in [6, 6.07) is 4.82. The van der Waals surface area contributed by atoms with Crippen LogP contribution in [-0.4, -0.2) is 68.3 Å². The lowest BCUT2D eigenvalue weighted by Gasteiger charge is -2.34. The molecule has 0 unspecified atom stereocenters. The van der Waals surface area contributed by atoms with E-state index >= 15 is 4.39 Å². The minimum absolute atomic E-state index is 0.0890. The summed E-state index contributed by atoms with van der Waals surface area (Å²) in [7, 11) is -3.91. The number of terminal acetylenes is 1. The van der Waals surface area contributed by atoms with Gasteiger partial charge in [-0.1, -0.05) is 12.0 Å². The fourth-order valence-electron chi connectivity index (χ4n) is 5.18. The van der Waals surface area contributed by atoms with Crippen molar-refractivity contribution in [1.82, 2.24) is 23.8 Å². The number of hydrogen-bond acceptors (Lipinski definition) is 8. The summed E-state index contributed by atoms with van der Waals surface area (Å²) in [4.78, 5) is 25.9. The summed E-state index contributed by atoms with van der Waals surface area (Å²) >= 11 is 0. The second-order valence-corrected chi connectivity index (χ2v) is 11.6. The number of alkyl halides is 1. The first-order chi connectivity index (χ1) is 17.6. The van der Waals surface area contributed by atoms with Crippen LogP contribution in [0.5, 0.6) is 0 Å². The van der Waals surface area contributed by atoms with Gasteiger partial charge >= 0.3 is 0 Å². The van der Waals surface area contributed by atoms with Gasteiger partial charge in [-0.05, 0) is 50.8 Å². The molecule has 3 aromatic rings. The Morgan fingerprint density at radius 2 is 2.11 bits per heavy atom. The molecular formula is C25H27FN6O4S. The summed E-state index contributed by atoms with van der Waals surface area (Å²) in [5.74, 6) is 2.50. The number of nitrogens with zero attached hydrogens (tertiary/aromatic N) is 5. The molecule has 1 saturated heterocycles. The van der Waals surface area contributed by atoms with Crippen molar-refractivity contribution < 1.29 is 17.9 Å². The SMILES string of the molecule is C#Cc1cc2cnc(N[C@@H]3CCN(S(=O)(=O)c4ccccn4)C[C@H]3F)nc2n([C@@H]2CCC[C@@]2(C)O)c1=O. The monoisotopic (exact) mass is 526 g/mol. The molecule has 0 bridgehead atoms. The molecule has 1 aliphatic heterocycles. The maximum Gasteiger partial charge on any atom is 0.268 e. The summed E-state index contributed by atoms with van der Waals surface area (Å²) in [6.45, 7) is 1.43. The van der Waals surface area contributed by atoms with Crippen LogP contribution in [0.2, 0.25) is 0 Å². The minimum Gasteiger partial charge on any atom is -0.388 e. The first-order valence-corrected chi connectivity index (χ1v) is 13.5. The highest BCUT2D eigenvalue weighted by Gasteiger charge is 2.40. The Hall–Kier alpha value is -3.40. The third-order valence-electron chi connectivity index (χ3n) is 7.18. The molecule has 4 atom stereocenters. The van der Waals surface area contributed by atoms with Crippen LogP contribution in [0.1, 0.15) is 44.2 Å². The van der Waals surface area contributed by atoms with Gasteiger partial charge in [0.15, 0.2) is 5.03 Å². The van der Waals surface area contributed by atoms with Crippen LogP contribution in [0.15, 0.2) is 46.5 Å². The lowest BCUT2D eigenvalue weighted by molar-refractivity contribution is 0.0266. The van der Waals surface area contributed by atoms with Gasteiger partial charge in [0, 0.05) is 30.9 Å². The van der Waals surface area contributed by atoms with E-state index in [9.17, 15) is 18.3 Å². The number of anilines is 1. The largest absolute Gasteiger partial charge is 0.388 e. The van der Waals surface area contributed by atoms with Crippen molar-refractivity contribution in [3.8, 4) is 12.3 Å². The average molecular weight is 527 g/mol. The van der Waals surface area contributed by atoms with E-state index in [0.29, 0.717) is 23.9 Å². The third-order valence-corrected chi connectivity index (χ3v) is 8.96. The number of aliphatic hydroxyl groups is 1. The van der Waals surface area contributed by atoms with Crippen LogP contribution in [-0.2, 0) is 10.0 Å². The van der Waals surface area contributed by atoms with Gasteiger partial charge in [0.2, 0.25) is 5.95 Å². The number of rotatable bonds is 5. The van der Waals surface area contributed by atoms with Crippen molar-refractivity contribution in [3.63, 3.8) is 0 Å². The Labute approximate surface area is 213 Å². The van der Waals surface area contributed by atoms with Crippen LogP contribution >= 0.6 is 0 Å². The first kappa shape index (κ1) is 25.3. The molecule has 4 heterocycles. The van der Waals surface area contributed by atoms with E-state index in [0.717, 1.165) is 10.7 Å². The zero-order valence-corrected chi connectivity index (χ0v) is 21.0. The molecule has 12 heteroatoms. The van der Waals surface area contributed by atoms with E-state index in [-0.39, 0.29) is 36.0 Å². The topological polar surface area (TPSA) is 130 Å². The zero-order valence-electron chi connectivity index (χ0n) is 20.2. The second kappa shape index (κ2) is 9.48. The van der Waals surface area contributed by atoms with Gasteiger partial charge in [-0.25, -0.2) is 22.8 Å². The number of pyridine rings is 2. The molecule has 194 valence electrons. The summed E-state index contributed by atoms with van der Waals surface area (Å²) < 4.78 is 43.4. The van der Waals surface area contributed by atoms with Crippen LogP contribution < -0.4 is 10.9 Å². The van der Waals surface area contributed by atoms with Gasteiger partial charge in [0.05, 0.1) is 23.2 Å². The Morgan fingerprint density at radius 3 is 2.76 bits per heavy atom. The van der Waals surface area contributed by atoms with E-state index in [1.54, 1.807) is 19.1 Å². The number of piperidine rings is 1. The zero-order chi connectivity index (χ0) is 26.4. The Bertz CT molecular complexity index is 1540. The van der Waals surface area contributed by atoms with Gasteiger partial charge < -0.3 is 10.4 Å². The van der Waals surface area contributed by atoms with E-state index in [1.165, 1.54) is 29.1 Å². The Kier molecular flexibility index (Phi) is 6.47.